The van der Waals surface area contributed by atoms with Crippen LogP contribution in [-0.2, 0) is 11.8 Å². The minimum atomic E-state index is -0.859. The smallest absolute Gasteiger partial charge is 0.303 e. The summed E-state index contributed by atoms with van der Waals surface area (Å²) in [5.41, 5.74) is 0.815. The van der Waals surface area contributed by atoms with Crippen LogP contribution in [-0.4, -0.2) is 27.6 Å². The Morgan fingerprint density at radius 3 is 2.64 bits per heavy atom. The summed E-state index contributed by atoms with van der Waals surface area (Å²) in [6.07, 6.45) is 7.13. The van der Waals surface area contributed by atoms with Gasteiger partial charge in [-0.1, -0.05) is 50.3 Å². The van der Waals surface area contributed by atoms with Crippen molar-refractivity contribution in [3.63, 3.8) is 0 Å². The molecule has 1 unspecified atom stereocenters. The number of nitrogens with zero attached hydrogens (tertiary/aromatic N) is 1. The Bertz CT molecular complexity index is 912. The molecule has 0 aliphatic heterocycles. The van der Waals surface area contributed by atoms with Crippen LogP contribution in [0.15, 0.2) is 35.1 Å². The van der Waals surface area contributed by atoms with Gasteiger partial charge in [0.15, 0.2) is 0 Å². The number of carboxylic acid groups (broad SMARTS) is 1. The summed E-state index contributed by atoms with van der Waals surface area (Å²) >= 11 is 0. The molecule has 1 aromatic heterocycles. The van der Waals surface area contributed by atoms with Gasteiger partial charge in [-0.3, -0.25) is 14.4 Å². The number of rotatable bonds is 7. The lowest BCUT2D eigenvalue weighted by Gasteiger charge is -2.27. The maximum Gasteiger partial charge on any atom is 0.303 e. The molecule has 1 amide bonds. The summed E-state index contributed by atoms with van der Waals surface area (Å²) in [5.74, 6) is -0.643. The number of aliphatic carboxylic acids is 1. The summed E-state index contributed by atoms with van der Waals surface area (Å²) in [4.78, 5) is 36.3. The van der Waals surface area contributed by atoms with Crippen molar-refractivity contribution in [2.24, 2.45) is 13.0 Å². The first-order chi connectivity index (χ1) is 13.5. The third-order valence-corrected chi connectivity index (χ3v) is 5.78. The topological polar surface area (TPSA) is 88.4 Å². The second-order valence-corrected chi connectivity index (χ2v) is 7.81. The Kier molecular flexibility index (Phi) is 6.49. The standard InChI is InChI=1S/C22H28N2O4/c1-24-19-10-6-5-9-17(19)18(14-20(24)25)22(28)23-16(11-12-21(26)27)13-15-7-3-2-4-8-15/h5-6,9-10,14-16H,2-4,7-8,11-13H2,1H3,(H,23,28)(H,26,27). The average molecular weight is 384 g/mol. The quantitative estimate of drug-likeness (QED) is 0.765. The van der Waals surface area contributed by atoms with Crippen molar-refractivity contribution >= 4 is 22.8 Å². The summed E-state index contributed by atoms with van der Waals surface area (Å²) in [6, 6.07) is 8.49. The minimum absolute atomic E-state index is 0.0228. The summed E-state index contributed by atoms with van der Waals surface area (Å²) < 4.78 is 1.52. The van der Waals surface area contributed by atoms with Gasteiger partial charge in [0.1, 0.15) is 0 Å². The number of para-hydroxylation sites is 1. The molecule has 0 spiro atoms. The molecule has 1 heterocycles. The van der Waals surface area contributed by atoms with Gasteiger partial charge in [-0.2, -0.15) is 0 Å². The maximum atomic E-state index is 13.0. The van der Waals surface area contributed by atoms with E-state index in [0.717, 1.165) is 24.6 Å². The van der Waals surface area contributed by atoms with Crippen LogP contribution in [0.25, 0.3) is 10.9 Å². The molecule has 1 saturated carbocycles. The van der Waals surface area contributed by atoms with Crippen LogP contribution in [0.2, 0.25) is 0 Å². The van der Waals surface area contributed by atoms with Crippen LogP contribution in [0.5, 0.6) is 0 Å². The number of aryl methyl sites for hydroxylation is 1. The Hall–Kier alpha value is -2.63. The maximum absolute atomic E-state index is 13.0. The van der Waals surface area contributed by atoms with Crippen LogP contribution < -0.4 is 10.9 Å². The lowest BCUT2D eigenvalue weighted by atomic mass is 9.84. The predicted octanol–water partition coefficient (Wildman–Crippen LogP) is 3.47. The van der Waals surface area contributed by atoms with Gasteiger partial charge < -0.3 is 15.0 Å². The number of hydrogen-bond acceptors (Lipinski definition) is 3. The van der Waals surface area contributed by atoms with Crippen LogP contribution in [0.1, 0.15) is 61.7 Å². The highest BCUT2D eigenvalue weighted by molar-refractivity contribution is 6.06. The number of amides is 1. The zero-order valence-electron chi connectivity index (χ0n) is 16.3. The van der Waals surface area contributed by atoms with Crippen molar-refractivity contribution in [2.75, 3.05) is 0 Å². The van der Waals surface area contributed by atoms with Crippen LogP contribution >= 0.6 is 0 Å². The van der Waals surface area contributed by atoms with Crippen molar-refractivity contribution in [1.29, 1.82) is 0 Å². The highest BCUT2D eigenvalue weighted by Crippen LogP contribution is 2.28. The lowest BCUT2D eigenvalue weighted by Crippen LogP contribution is -2.38. The first kappa shape index (κ1) is 20.1. The van der Waals surface area contributed by atoms with E-state index in [2.05, 4.69) is 5.32 Å². The molecule has 28 heavy (non-hydrogen) atoms. The van der Waals surface area contributed by atoms with E-state index in [9.17, 15) is 14.4 Å². The van der Waals surface area contributed by atoms with E-state index in [4.69, 9.17) is 5.11 Å². The first-order valence-electron chi connectivity index (χ1n) is 10.1. The van der Waals surface area contributed by atoms with Crippen molar-refractivity contribution < 1.29 is 14.7 Å². The van der Waals surface area contributed by atoms with Crippen molar-refractivity contribution in [3.8, 4) is 0 Å². The number of pyridine rings is 1. The minimum Gasteiger partial charge on any atom is -0.481 e. The van der Waals surface area contributed by atoms with E-state index < -0.39 is 5.97 Å². The number of hydrogen-bond donors (Lipinski definition) is 2. The van der Waals surface area contributed by atoms with Crippen LogP contribution in [0, 0.1) is 5.92 Å². The number of benzene rings is 1. The van der Waals surface area contributed by atoms with Crippen molar-refractivity contribution in [3.05, 3.63) is 46.2 Å². The van der Waals surface area contributed by atoms with Gasteiger partial charge in [-0.15, -0.1) is 0 Å². The monoisotopic (exact) mass is 384 g/mol. The van der Waals surface area contributed by atoms with Gasteiger partial charge in [0.2, 0.25) is 0 Å². The Morgan fingerprint density at radius 1 is 1.21 bits per heavy atom. The molecular weight excluding hydrogens is 356 g/mol. The molecule has 0 radical (unpaired) electrons. The fourth-order valence-electron chi connectivity index (χ4n) is 4.23. The fraction of sp³-hybridized carbons (Fsp3) is 0.500. The molecular formula is C22H28N2O4. The van der Waals surface area contributed by atoms with Gasteiger partial charge in [-0.05, 0) is 24.8 Å². The molecule has 1 aliphatic carbocycles. The number of aromatic nitrogens is 1. The van der Waals surface area contributed by atoms with Crippen LogP contribution in [0.3, 0.4) is 0 Å². The summed E-state index contributed by atoms with van der Waals surface area (Å²) in [5, 5.41) is 12.8. The Balaban J connectivity index is 1.82. The molecule has 1 fully saturated rings. The number of carbonyl (C=O) groups is 2. The lowest BCUT2D eigenvalue weighted by molar-refractivity contribution is -0.137. The predicted molar refractivity (Wildman–Crippen MR) is 109 cm³/mol. The number of carbonyl (C=O) groups excluding carboxylic acids is 1. The number of carboxylic acids is 1. The van der Waals surface area contributed by atoms with E-state index in [1.165, 1.54) is 29.9 Å². The zero-order valence-corrected chi connectivity index (χ0v) is 16.3. The molecule has 1 atom stereocenters. The number of fused-ring (bicyclic) bond motifs is 1. The second kappa shape index (κ2) is 9.04. The molecule has 150 valence electrons. The number of nitrogens with one attached hydrogen (secondary N) is 1. The van der Waals surface area contributed by atoms with Gasteiger partial charge in [0, 0.05) is 31.0 Å². The average Bonchev–Trinajstić information content (AvgIpc) is 2.69. The Morgan fingerprint density at radius 2 is 1.93 bits per heavy atom. The third-order valence-electron chi connectivity index (χ3n) is 5.78. The summed E-state index contributed by atoms with van der Waals surface area (Å²) in [7, 11) is 1.69. The summed E-state index contributed by atoms with van der Waals surface area (Å²) in [6.45, 7) is 0. The van der Waals surface area contributed by atoms with E-state index >= 15 is 0 Å². The first-order valence-corrected chi connectivity index (χ1v) is 10.1. The van der Waals surface area contributed by atoms with Gasteiger partial charge in [-0.25, -0.2) is 0 Å². The molecule has 3 rings (SSSR count). The van der Waals surface area contributed by atoms with E-state index in [-0.39, 0.29) is 23.9 Å². The molecule has 0 saturated heterocycles. The molecule has 0 bridgehead atoms. The molecule has 1 aliphatic rings. The highest BCUT2D eigenvalue weighted by Gasteiger charge is 2.23. The SMILES string of the molecule is Cn1c(=O)cc(C(=O)NC(CCC(=O)O)CC2CCCCC2)c2ccccc21. The molecule has 1 aromatic carbocycles. The van der Waals surface area contributed by atoms with Gasteiger partial charge in [0.05, 0.1) is 11.1 Å². The van der Waals surface area contributed by atoms with E-state index in [0.29, 0.717) is 23.4 Å². The van der Waals surface area contributed by atoms with E-state index in [1.807, 2.05) is 24.3 Å². The Labute approximate surface area is 164 Å². The fourth-order valence-corrected chi connectivity index (χ4v) is 4.23. The largest absolute Gasteiger partial charge is 0.481 e. The van der Waals surface area contributed by atoms with Crippen molar-refractivity contribution in [1.82, 2.24) is 9.88 Å². The molecule has 2 N–H and O–H groups in total. The molecule has 6 heteroatoms. The zero-order chi connectivity index (χ0) is 20.1. The van der Waals surface area contributed by atoms with Gasteiger partial charge in [0.25, 0.3) is 11.5 Å². The van der Waals surface area contributed by atoms with E-state index in [1.54, 1.807) is 7.05 Å². The van der Waals surface area contributed by atoms with Gasteiger partial charge >= 0.3 is 5.97 Å². The normalized spacial score (nSPS) is 16.0. The molecule has 6 nitrogen and oxygen atoms in total. The van der Waals surface area contributed by atoms with Crippen LogP contribution in [0.4, 0.5) is 0 Å². The second-order valence-electron chi connectivity index (χ2n) is 7.81. The van der Waals surface area contributed by atoms with Crippen molar-refractivity contribution in [2.45, 2.75) is 57.4 Å². The third kappa shape index (κ3) is 4.80. The highest BCUT2D eigenvalue weighted by atomic mass is 16.4. The molecule has 2 aromatic rings.